The normalized spacial score (nSPS) is 10.9. The number of nitrogens with one attached hydrogen (secondary N) is 1. The lowest BCUT2D eigenvalue weighted by atomic mass is 10.4. The molecule has 3 rings (SSSR count). The van der Waals surface area contributed by atoms with Crippen molar-refractivity contribution in [2.24, 2.45) is 0 Å². The number of rotatable bonds is 0. The second-order valence-corrected chi connectivity index (χ2v) is 7.95. The monoisotopic (exact) mass is 562 g/mol. The number of halogens is 4. The maximum atomic E-state index is 10.4. The minimum atomic E-state index is -0.474. The van der Waals surface area contributed by atoms with Gasteiger partial charge in [0.05, 0.1) is 4.24 Å². The van der Waals surface area contributed by atoms with E-state index in [4.69, 9.17) is 14.6 Å². The number of ether oxygens (including phenoxy) is 2. The number of aromatic nitrogens is 2. The fraction of sp³-hybridized carbons (Fsp3) is 0.167. The van der Waals surface area contributed by atoms with Crippen LogP contribution in [0.25, 0.3) is 0 Å². The molecule has 0 amide bonds. The largest absolute Gasteiger partial charge is 0.503 e. The van der Waals surface area contributed by atoms with Gasteiger partial charge in [0.15, 0.2) is 11.5 Å². The number of fused-ring (bicyclic) bond motifs is 1. The van der Waals surface area contributed by atoms with Gasteiger partial charge in [0.1, 0.15) is 0 Å². The molecule has 22 heavy (non-hydrogen) atoms. The third-order valence-electron chi connectivity index (χ3n) is 2.04. The molecule has 0 radical (unpaired) electrons. The number of aromatic hydroxyl groups is 1. The van der Waals surface area contributed by atoms with Crippen molar-refractivity contribution in [3.8, 4) is 17.4 Å². The minimum Gasteiger partial charge on any atom is -0.503 e. The molecule has 120 valence electrons. The van der Waals surface area contributed by atoms with Gasteiger partial charge in [-0.2, -0.15) is 0 Å². The predicted molar refractivity (Wildman–Crippen MR) is 97.2 cm³/mol. The number of nitrogens with zero attached hydrogens (tertiary/aromatic N) is 1. The number of hydrogen-bond acceptors (Lipinski definition) is 5. The first-order valence-corrected chi connectivity index (χ1v) is 9.41. The van der Waals surface area contributed by atoms with Crippen molar-refractivity contribution < 1.29 is 14.6 Å². The van der Waals surface area contributed by atoms with Crippen molar-refractivity contribution in [3.05, 3.63) is 43.8 Å². The SMILES string of the molecule is BrCBr.Brc1cnc2c(c1)OCO2.O=c1[nH]cc(Br)cc1O. The molecule has 3 heterocycles. The summed E-state index contributed by atoms with van der Waals surface area (Å²) in [5.74, 6) is 1.00. The van der Waals surface area contributed by atoms with Crippen LogP contribution in [0.4, 0.5) is 0 Å². The van der Waals surface area contributed by atoms with Gasteiger partial charge >= 0.3 is 0 Å². The van der Waals surface area contributed by atoms with E-state index in [1.807, 2.05) is 6.07 Å². The predicted octanol–water partition coefficient (Wildman–Crippen LogP) is 4.15. The third-order valence-corrected chi connectivity index (χ3v) is 2.93. The highest BCUT2D eigenvalue weighted by molar-refractivity contribution is 9.24. The highest BCUT2D eigenvalue weighted by atomic mass is 79.9. The average molecular weight is 566 g/mol. The van der Waals surface area contributed by atoms with Gasteiger partial charge < -0.3 is 19.6 Å². The summed E-state index contributed by atoms with van der Waals surface area (Å²) in [6, 6.07) is 3.16. The molecule has 0 fully saturated rings. The first-order chi connectivity index (χ1) is 10.5. The highest BCUT2D eigenvalue weighted by Crippen LogP contribution is 2.31. The Kier molecular flexibility index (Phi) is 9.06. The lowest BCUT2D eigenvalue weighted by molar-refractivity contribution is 0.171. The Morgan fingerprint density at radius 3 is 2.50 bits per heavy atom. The maximum Gasteiger partial charge on any atom is 0.290 e. The van der Waals surface area contributed by atoms with Gasteiger partial charge in [-0.25, -0.2) is 4.98 Å². The van der Waals surface area contributed by atoms with E-state index in [2.05, 4.69) is 73.7 Å². The molecule has 2 aromatic rings. The van der Waals surface area contributed by atoms with E-state index < -0.39 is 5.56 Å². The molecule has 2 aromatic heterocycles. The first kappa shape index (κ1) is 19.5. The smallest absolute Gasteiger partial charge is 0.290 e. The summed E-state index contributed by atoms with van der Waals surface area (Å²) in [5, 5.41) is 8.73. The molecule has 0 aromatic carbocycles. The van der Waals surface area contributed by atoms with E-state index >= 15 is 0 Å². The Morgan fingerprint density at radius 1 is 1.23 bits per heavy atom. The fourth-order valence-electron chi connectivity index (χ4n) is 1.21. The number of hydrogen-bond donors (Lipinski definition) is 2. The van der Waals surface area contributed by atoms with Gasteiger partial charge in [0.25, 0.3) is 11.4 Å². The van der Waals surface area contributed by atoms with Crippen LogP contribution in [-0.2, 0) is 0 Å². The highest BCUT2D eigenvalue weighted by Gasteiger charge is 2.13. The van der Waals surface area contributed by atoms with Crippen LogP contribution in [-0.4, -0.2) is 26.1 Å². The van der Waals surface area contributed by atoms with Gasteiger partial charge in [-0.05, 0) is 31.9 Å². The van der Waals surface area contributed by atoms with Crippen LogP contribution in [0.15, 0.2) is 38.3 Å². The van der Waals surface area contributed by atoms with Crippen LogP contribution in [0.2, 0.25) is 0 Å². The molecule has 0 atom stereocenters. The molecule has 10 heteroatoms. The molecule has 0 saturated carbocycles. The number of H-pyrrole nitrogens is 1. The van der Waals surface area contributed by atoms with E-state index in [1.165, 1.54) is 12.3 Å². The van der Waals surface area contributed by atoms with Gasteiger partial charge in [-0.15, -0.1) is 0 Å². The van der Waals surface area contributed by atoms with Gasteiger partial charge in [-0.3, -0.25) is 4.79 Å². The van der Waals surface area contributed by atoms with Crippen molar-refractivity contribution in [1.29, 1.82) is 0 Å². The summed E-state index contributed by atoms with van der Waals surface area (Å²) < 4.78 is 12.5. The summed E-state index contributed by atoms with van der Waals surface area (Å²) in [6.45, 7) is 0.277. The Morgan fingerprint density at radius 2 is 1.91 bits per heavy atom. The van der Waals surface area contributed by atoms with Crippen molar-refractivity contribution in [2.75, 3.05) is 11.0 Å². The molecular formula is C12H10Br4N2O4. The Labute approximate surface area is 159 Å². The molecule has 0 saturated heterocycles. The van der Waals surface area contributed by atoms with E-state index in [0.717, 1.165) is 8.71 Å². The van der Waals surface area contributed by atoms with Crippen LogP contribution in [0, 0.1) is 0 Å². The van der Waals surface area contributed by atoms with Crippen LogP contribution in [0.3, 0.4) is 0 Å². The summed E-state index contributed by atoms with van der Waals surface area (Å²) in [4.78, 5) is 16.7. The Hall–Kier alpha value is -0.580. The number of aromatic amines is 1. The zero-order valence-electron chi connectivity index (χ0n) is 10.9. The van der Waals surface area contributed by atoms with Crippen molar-refractivity contribution >= 4 is 63.7 Å². The Balaban J connectivity index is 0.000000189. The zero-order chi connectivity index (χ0) is 16.5. The molecule has 1 aliphatic heterocycles. The fourth-order valence-corrected chi connectivity index (χ4v) is 1.86. The quantitative estimate of drug-likeness (QED) is 0.469. The molecule has 6 nitrogen and oxygen atoms in total. The topological polar surface area (TPSA) is 84.4 Å². The van der Waals surface area contributed by atoms with Crippen molar-refractivity contribution in [2.45, 2.75) is 0 Å². The molecule has 1 aliphatic rings. The summed E-state index contributed by atoms with van der Waals surface area (Å²) >= 11 is 12.5. The lowest BCUT2D eigenvalue weighted by Gasteiger charge is -1.92. The average Bonchev–Trinajstić information content (AvgIpc) is 2.92. The van der Waals surface area contributed by atoms with E-state index in [9.17, 15) is 4.79 Å². The van der Waals surface area contributed by atoms with Gasteiger partial charge in [0, 0.05) is 33.5 Å². The van der Waals surface area contributed by atoms with Crippen molar-refractivity contribution in [3.63, 3.8) is 0 Å². The van der Waals surface area contributed by atoms with Gasteiger partial charge in [0.2, 0.25) is 6.79 Å². The zero-order valence-corrected chi connectivity index (χ0v) is 17.2. The molecule has 0 aliphatic carbocycles. The summed E-state index contributed by atoms with van der Waals surface area (Å²) in [5.41, 5.74) is -0.474. The second-order valence-electron chi connectivity index (χ2n) is 3.50. The van der Waals surface area contributed by atoms with E-state index in [0.29, 0.717) is 16.1 Å². The molecule has 0 spiro atoms. The van der Waals surface area contributed by atoms with Crippen LogP contribution < -0.4 is 15.0 Å². The minimum absolute atomic E-state index is 0.274. The van der Waals surface area contributed by atoms with Gasteiger partial charge in [-0.1, -0.05) is 31.9 Å². The molecule has 0 bridgehead atoms. The number of pyridine rings is 2. The summed E-state index contributed by atoms with van der Waals surface area (Å²) in [7, 11) is 0. The second kappa shape index (κ2) is 10.2. The third kappa shape index (κ3) is 6.67. The van der Waals surface area contributed by atoms with E-state index in [-0.39, 0.29) is 12.5 Å². The summed E-state index contributed by atoms with van der Waals surface area (Å²) in [6.07, 6.45) is 3.13. The first-order valence-electron chi connectivity index (χ1n) is 5.58. The van der Waals surface area contributed by atoms with Crippen molar-refractivity contribution in [1.82, 2.24) is 9.97 Å². The maximum absolute atomic E-state index is 10.4. The van der Waals surface area contributed by atoms with Crippen LogP contribution in [0.1, 0.15) is 0 Å². The standard InChI is InChI=1S/C6H4BrNO2.C5H4BrNO2.CH2Br2/c7-4-1-5-6(8-2-4)10-3-9-5;6-3-1-4(8)5(9)7-2-3;2-1-3/h1-2H,3H2;1-2,8H,(H,7,9);1H2. The van der Waals surface area contributed by atoms with Crippen LogP contribution >= 0.6 is 63.7 Å². The molecule has 0 unspecified atom stereocenters. The number of alkyl halides is 2. The van der Waals surface area contributed by atoms with E-state index in [1.54, 1.807) is 6.20 Å². The molecular weight excluding hydrogens is 556 g/mol. The lowest BCUT2D eigenvalue weighted by Crippen LogP contribution is -2.02. The van der Waals surface area contributed by atoms with Crippen LogP contribution in [0.5, 0.6) is 17.4 Å². The molecule has 2 N–H and O–H groups in total. The Bertz CT molecular complexity index is 666.